The van der Waals surface area contributed by atoms with Crippen LogP contribution >= 0.6 is 0 Å². The van der Waals surface area contributed by atoms with Crippen molar-refractivity contribution in [3.63, 3.8) is 0 Å². The maximum atomic E-state index is 12.1. The van der Waals surface area contributed by atoms with Crippen LogP contribution in [-0.4, -0.2) is 31.4 Å². The lowest BCUT2D eigenvalue weighted by Gasteiger charge is -2.24. The topological polar surface area (TPSA) is 84.7 Å². The quantitative estimate of drug-likeness (QED) is 0.463. The largest absolute Gasteiger partial charge is 0.489 e. The average Bonchev–Trinajstić information content (AvgIpc) is 2.75. The fraction of sp³-hybridized carbons (Fsp3) is 0.385. The van der Waals surface area contributed by atoms with Crippen LogP contribution < -0.4 is 20.7 Å². The van der Waals surface area contributed by atoms with E-state index >= 15 is 0 Å². The van der Waals surface area contributed by atoms with Crippen LogP contribution in [0, 0.1) is 5.92 Å². The van der Waals surface area contributed by atoms with Gasteiger partial charge in [-0.05, 0) is 49.6 Å². The van der Waals surface area contributed by atoms with E-state index in [1.807, 2.05) is 61.5 Å². The number of hydrogen-bond donors (Lipinski definition) is 2. The van der Waals surface area contributed by atoms with Crippen LogP contribution in [0.3, 0.4) is 0 Å². The Bertz CT molecular complexity index is 875. The molecule has 3 N–H and O–H groups in total. The highest BCUT2D eigenvalue weighted by molar-refractivity contribution is 5.78. The second kappa shape index (κ2) is 13.2. The van der Waals surface area contributed by atoms with Gasteiger partial charge < -0.3 is 20.7 Å². The van der Waals surface area contributed by atoms with Gasteiger partial charge in [0.15, 0.2) is 0 Å². The number of rotatable bonds is 13. The number of hydrogen-bond acceptors (Lipinski definition) is 4. The zero-order valence-corrected chi connectivity index (χ0v) is 19.3. The molecule has 6 heteroatoms. The molecule has 1 atom stereocenters. The Balaban J connectivity index is 1.90. The summed E-state index contributed by atoms with van der Waals surface area (Å²) < 4.78 is 5.88. The first kappa shape index (κ1) is 25.0. The van der Waals surface area contributed by atoms with Crippen LogP contribution in [0.25, 0.3) is 0 Å². The molecule has 0 aliphatic rings. The Morgan fingerprint density at radius 3 is 2.38 bits per heavy atom. The van der Waals surface area contributed by atoms with Crippen molar-refractivity contribution >= 4 is 17.5 Å². The fourth-order valence-corrected chi connectivity index (χ4v) is 3.25. The second-order valence-electron chi connectivity index (χ2n) is 8.33. The fourth-order valence-electron chi connectivity index (χ4n) is 3.25. The van der Waals surface area contributed by atoms with Crippen LogP contribution in [0.4, 0.5) is 5.69 Å². The van der Waals surface area contributed by atoms with E-state index in [1.165, 1.54) is 5.57 Å². The molecule has 0 bridgehead atoms. The molecular weight excluding hydrogens is 402 g/mol. The number of allylic oxidation sites excluding steroid dienone is 1. The van der Waals surface area contributed by atoms with Crippen LogP contribution in [0.15, 0.2) is 66.2 Å². The van der Waals surface area contributed by atoms with E-state index in [-0.39, 0.29) is 24.2 Å². The van der Waals surface area contributed by atoms with Crippen molar-refractivity contribution in [2.24, 2.45) is 11.7 Å². The van der Waals surface area contributed by atoms with E-state index in [0.717, 1.165) is 23.5 Å². The summed E-state index contributed by atoms with van der Waals surface area (Å²) >= 11 is 0. The number of anilines is 1. The molecule has 2 amide bonds. The van der Waals surface area contributed by atoms with E-state index in [9.17, 15) is 9.59 Å². The smallest absolute Gasteiger partial charge is 0.220 e. The predicted molar refractivity (Wildman–Crippen MR) is 129 cm³/mol. The maximum Gasteiger partial charge on any atom is 0.220 e. The first-order chi connectivity index (χ1) is 15.3. The van der Waals surface area contributed by atoms with Gasteiger partial charge in [-0.2, -0.15) is 0 Å². The second-order valence-corrected chi connectivity index (χ2v) is 8.33. The monoisotopic (exact) mass is 437 g/mol. The Morgan fingerprint density at radius 1 is 1.06 bits per heavy atom. The molecular formula is C26H35N3O3. The molecule has 0 aromatic heterocycles. The van der Waals surface area contributed by atoms with E-state index in [0.29, 0.717) is 26.1 Å². The first-order valence-corrected chi connectivity index (χ1v) is 11.0. The summed E-state index contributed by atoms with van der Waals surface area (Å²) in [6.07, 6.45) is 2.68. The molecule has 0 fully saturated rings. The van der Waals surface area contributed by atoms with Gasteiger partial charge in [-0.3, -0.25) is 9.59 Å². The Hall–Kier alpha value is -3.28. The van der Waals surface area contributed by atoms with E-state index in [4.69, 9.17) is 10.5 Å². The van der Waals surface area contributed by atoms with Gasteiger partial charge in [-0.15, -0.1) is 0 Å². The Morgan fingerprint density at radius 2 is 1.75 bits per heavy atom. The summed E-state index contributed by atoms with van der Waals surface area (Å²) in [6, 6.07) is 18.1. The molecule has 2 rings (SSSR count). The van der Waals surface area contributed by atoms with Gasteiger partial charge in [0, 0.05) is 38.2 Å². The molecule has 2 aromatic rings. The third-order valence-corrected chi connectivity index (χ3v) is 4.96. The van der Waals surface area contributed by atoms with Crippen molar-refractivity contribution in [2.45, 2.75) is 40.2 Å². The van der Waals surface area contributed by atoms with Gasteiger partial charge in [-0.25, -0.2) is 0 Å². The molecule has 0 aliphatic heterocycles. The molecule has 0 saturated carbocycles. The molecule has 32 heavy (non-hydrogen) atoms. The first-order valence-electron chi connectivity index (χ1n) is 11.0. The molecule has 0 radical (unpaired) electrons. The number of benzene rings is 2. The highest BCUT2D eigenvalue weighted by Crippen LogP contribution is 2.20. The van der Waals surface area contributed by atoms with Gasteiger partial charge >= 0.3 is 0 Å². The third kappa shape index (κ3) is 9.69. The summed E-state index contributed by atoms with van der Waals surface area (Å²) in [5, 5.41) is 2.95. The minimum Gasteiger partial charge on any atom is -0.489 e. The van der Waals surface area contributed by atoms with Gasteiger partial charge in [-0.1, -0.05) is 48.9 Å². The Labute approximate surface area is 191 Å². The van der Waals surface area contributed by atoms with Crippen LogP contribution in [0.1, 0.15) is 39.2 Å². The number of carbonyl (C=O) groups is 2. The van der Waals surface area contributed by atoms with Crippen LogP contribution in [0.2, 0.25) is 0 Å². The summed E-state index contributed by atoms with van der Waals surface area (Å²) in [5.41, 5.74) is 8.63. The normalized spacial score (nSPS) is 11.3. The highest BCUT2D eigenvalue weighted by Gasteiger charge is 2.12. The molecule has 0 saturated heterocycles. The molecule has 0 heterocycles. The molecule has 172 valence electrons. The molecule has 0 aliphatic carbocycles. The lowest BCUT2D eigenvalue weighted by Crippen LogP contribution is -2.36. The minimum absolute atomic E-state index is 0.0577. The third-order valence-electron chi connectivity index (χ3n) is 4.96. The molecule has 6 nitrogen and oxygen atoms in total. The van der Waals surface area contributed by atoms with Gasteiger partial charge in [0.25, 0.3) is 0 Å². The van der Waals surface area contributed by atoms with Gasteiger partial charge in [0.1, 0.15) is 12.4 Å². The van der Waals surface area contributed by atoms with E-state index in [2.05, 4.69) is 30.1 Å². The van der Waals surface area contributed by atoms with Crippen molar-refractivity contribution in [1.29, 1.82) is 0 Å². The standard InChI is InChI=1S/C26H35N3O3/c1-20(2)13-15-29(16-14-28-26(31)18-21(3)17-25(27)30)23-9-11-24(12-10-23)32-19-22-7-5-4-6-8-22/h4-13,21H,14-19H2,1-3H3,(H2,27,30)(H,28,31). The van der Waals surface area contributed by atoms with E-state index < -0.39 is 0 Å². The number of nitrogens with one attached hydrogen (secondary N) is 1. The van der Waals surface area contributed by atoms with Crippen molar-refractivity contribution < 1.29 is 14.3 Å². The number of nitrogens with two attached hydrogens (primary N) is 1. The lowest BCUT2D eigenvalue weighted by molar-refractivity contribution is -0.122. The number of carbonyl (C=O) groups excluding carboxylic acids is 2. The van der Waals surface area contributed by atoms with Crippen molar-refractivity contribution in [3.05, 3.63) is 71.8 Å². The molecule has 1 unspecified atom stereocenters. The van der Waals surface area contributed by atoms with E-state index in [1.54, 1.807) is 0 Å². The molecule has 0 spiro atoms. The lowest BCUT2D eigenvalue weighted by atomic mass is 10.0. The molecule has 2 aromatic carbocycles. The maximum absolute atomic E-state index is 12.1. The van der Waals surface area contributed by atoms with Crippen LogP contribution in [-0.2, 0) is 16.2 Å². The number of primary amides is 1. The van der Waals surface area contributed by atoms with Gasteiger partial charge in [0.05, 0.1) is 0 Å². The van der Waals surface area contributed by atoms with Crippen molar-refractivity contribution in [3.8, 4) is 5.75 Å². The van der Waals surface area contributed by atoms with Crippen molar-refractivity contribution in [1.82, 2.24) is 5.32 Å². The summed E-state index contributed by atoms with van der Waals surface area (Å²) in [6.45, 7) is 8.46. The predicted octanol–water partition coefficient (Wildman–Crippen LogP) is 4.06. The van der Waals surface area contributed by atoms with Crippen LogP contribution in [0.5, 0.6) is 5.75 Å². The summed E-state index contributed by atoms with van der Waals surface area (Å²) in [7, 11) is 0. The summed E-state index contributed by atoms with van der Waals surface area (Å²) in [5.74, 6) is 0.314. The number of ether oxygens (including phenoxy) is 1. The SMILES string of the molecule is CC(C)=CCN(CCNC(=O)CC(C)CC(N)=O)c1ccc(OCc2ccccc2)cc1. The zero-order chi connectivity index (χ0) is 23.3. The average molecular weight is 438 g/mol. The minimum atomic E-state index is -0.380. The Kier molecular flexibility index (Phi) is 10.3. The van der Waals surface area contributed by atoms with Crippen molar-refractivity contribution in [2.75, 3.05) is 24.5 Å². The number of amides is 2. The summed E-state index contributed by atoms with van der Waals surface area (Å²) in [4.78, 5) is 25.3. The zero-order valence-electron chi connectivity index (χ0n) is 19.3. The highest BCUT2D eigenvalue weighted by atomic mass is 16.5. The van der Waals surface area contributed by atoms with Gasteiger partial charge in [0.2, 0.25) is 11.8 Å². The number of nitrogens with zero attached hydrogens (tertiary/aromatic N) is 1.